The first-order chi connectivity index (χ1) is 10.7. The quantitative estimate of drug-likeness (QED) is 0.528. The average molecular weight is 301 g/mol. The van der Waals surface area contributed by atoms with Crippen LogP contribution in [0.5, 0.6) is 0 Å². The van der Waals surface area contributed by atoms with Gasteiger partial charge in [-0.15, -0.1) is 0 Å². The van der Waals surface area contributed by atoms with Gasteiger partial charge in [-0.05, 0) is 18.1 Å². The van der Waals surface area contributed by atoms with Gasteiger partial charge in [0.05, 0.1) is 0 Å². The SMILES string of the molecule is CC.CCC.CCCC.Cc1ccc(-c2ccccc2)cc1. The van der Waals surface area contributed by atoms with Crippen LogP contribution in [-0.4, -0.2) is 0 Å². The van der Waals surface area contributed by atoms with Gasteiger partial charge in [0.15, 0.2) is 0 Å². The third-order valence-electron chi connectivity index (χ3n) is 2.66. The average Bonchev–Trinajstić information content (AvgIpc) is 2.59. The largest absolute Gasteiger partial charge is 0.0683 e. The van der Waals surface area contributed by atoms with Crippen molar-refractivity contribution in [1.29, 1.82) is 0 Å². The molecule has 2 aromatic rings. The maximum absolute atomic E-state index is 2.18. The molecule has 0 heterocycles. The molecule has 0 heteroatoms. The van der Waals surface area contributed by atoms with Crippen LogP contribution in [0.25, 0.3) is 11.1 Å². The highest BCUT2D eigenvalue weighted by atomic mass is 14.0. The van der Waals surface area contributed by atoms with Gasteiger partial charge in [0.2, 0.25) is 0 Å². The lowest BCUT2D eigenvalue weighted by atomic mass is 10.0. The number of benzene rings is 2. The molecule has 0 fully saturated rings. The molecule has 0 saturated carbocycles. The van der Waals surface area contributed by atoms with Crippen molar-refractivity contribution in [2.24, 2.45) is 0 Å². The van der Waals surface area contributed by atoms with E-state index in [9.17, 15) is 0 Å². The van der Waals surface area contributed by atoms with Crippen molar-refractivity contribution in [3.05, 3.63) is 60.2 Å². The summed E-state index contributed by atoms with van der Waals surface area (Å²) in [5, 5.41) is 0. The summed E-state index contributed by atoms with van der Waals surface area (Å²) in [5.41, 5.74) is 3.87. The van der Waals surface area contributed by atoms with Gasteiger partial charge in [-0.25, -0.2) is 0 Å². The molecule has 0 spiro atoms. The van der Waals surface area contributed by atoms with Gasteiger partial charge in [-0.3, -0.25) is 0 Å². The van der Waals surface area contributed by atoms with E-state index in [1.165, 1.54) is 36.0 Å². The molecule has 0 radical (unpaired) electrons. The Morgan fingerprint density at radius 3 is 1.32 bits per heavy atom. The number of rotatable bonds is 2. The summed E-state index contributed by atoms with van der Waals surface area (Å²) in [7, 11) is 0. The Labute approximate surface area is 139 Å². The Hall–Kier alpha value is -1.56. The minimum absolute atomic E-state index is 1.25. The number of hydrogen-bond donors (Lipinski definition) is 0. The van der Waals surface area contributed by atoms with Crippen molar-refractivity contribution in [2.75, 3.05) is 0 Å². The molecule has 0 bridgehead atoms. The summed E-state index contributed by atoms with van der Waals surface area (Å²) < 4.78 is 0. The fourth-order valence-corrected chi connectivity index (χ4v) is 1.38. The van der Waals surface area contributed by atoms with Crippen molar-refractivity contribution in [2.45, 2.75) is 67.7 Å². The molecule has 0 aliphatic heterocycles. The van der Waals surface area contributed by atoms with E-state index in [1.807, 2.05) is 19.9 Å². The van der Waals surface area contributed by atoms with Crippen LogP contribution in [0, 0.1) is 6.92 Å². The molecule has 22 heavy (non-hydrogen) atoms. The molecular weight excluding hydrogens is 264 g/mol. The van der Waals surface area contributed by atoms with Gasteiger partial charge in [-0.2, -0.15) is 0 Å². The Morgan fingerprint density at radius 1 is 0.591 bits per heavy atom. The smallest absolute Gasteiger partial charge is 0.0184 e. The van der Waals surface area contributed by atoms with E-state index in [0.717, 1.165) is 0 Å². The molecule has 0 unspecified atom stereocenters. The highest BCUT2D eigenvalue weighted by Crippen LogP contribution is 2.18. The van der Waals surface area contributed by atoms with Crippen LogP contribution in [0.1, 0.15) is 66.4 Å². The molecule has 0 aliphatic carbocycles. The molecular formula is C22H36. The predicted molar refractivity (Wildman–Crippen MR) is 105 cm³/mol. The highest BCUT2D eigenvalue weighted by molar-refractivity contribution is 5.63. The molecule has 2 rings (SSSR count). The Kier molecular flexibility index (Phi) is 18.1. The summed E-state index contributed by atoms with van der Waals surface area (Å²) in [5.74, 6) is 0. The molecule has 0 atom stereocenters. The van der Waals surface area contributed by atoms with Crippen molar-refractivity contribution in [3.63, 3.8) is 0 Å². The zero-order valence-electron chi connectivity index (χ0n) is 15.8. The fourth-order valence-electron chi connectivity index (χ4n) is 1.38. The maximum atomic E-state index is 2.18. The summed E-state index contributed by atoms with van der Waals surface area (Å²) in [6.07, 6.45) is 3.89. The third kappa shape index (κ3) is 12.2. The first-order valence-electron chi connectivity index (χ1n) is 8.81. The second-order valence-corrected chi connectivity index (χ2v) is 4.94. The lowest BCUT2D eigenvalue weighted by Crippen LogP contribution is -1.76. The number of hydrogen-bond acceptors (Lipinski definition) is 0. The lowest BCUT2D eigenvalue weighted by Gasteiger charge is -2.00. The molecule has 0 aromatic heterocycles. The van der Waals surface area contributed by atoms with Crippen LogP contribution in [-0.2, 0) is 0 Å². The van der Waals surface area contributed by atoms with E-state index in [1.54, 1.807) is 0 Å². The summed E-state index contributed by atoms with van der Waals surface area (Å²) in [6.45, 7) is 14.7. The zero-order chi connectivity index (χ0) is 17.2. The normalized spacial score (nSPS) is 8.32. The van der Waals surface area contributed by atoms with E-state index in [4.69, 9.17) is 0 Å². The monoisotopic (exact) mass is 300 g/mol. The van der Waals surface area contributed by atoms with Gasteiger partial charge in [0.1, 0.15) is 0 Å². The Bertz CT molecular complexity index is 410. The van der Waals surface area contributed by atoms with Gasteiger partial charge >= 0.3 is 0 Å². The van der Waals surface area contributed by atoms with Crippen molar-refractivity contribution < 1.29 is 0 Å². The van der Waals surface area contributed by atoms with E-state index in [-0.39, 0.29) is 0 Å². The molecule has 0 aliphatic rings. The van der Waals surface area contributed by atoms with Crippen LogP contribution < -0.4 is 0 Å². The van der Waals surface area contributed by atoms with Crippen LogP contribution >= 0.6 is 0 Å². The highest BCUT2D eigenvalue weighted by Gasteiger charge is 1.93. The van der Waals surface area contributed by atoms with Crippen molar-refractivity contribution in [3.8, 4) is 11.1 Å². The van der Waals surface area contributed by atoms with Gasteiger partial charge in [0.25, 0.3) is 0 Å². The molecule has 2 aromatic carbocycles. The third-order valence-corrected chi connectivity index (χ3v) is 2.66. The van der Waals surface area contributed by atoms with Gasteiger partial charge in [0, 0.05) is 0 Å². The Balaban J connectivity index is 0. The van der Waals surface area contributed by atoms with E-state index in [0.29, 0.717) is 0 Å². The number of unbranched alkanes of at least 4 members (excludes halogenated alkanes) is 1. The minimum Gasteiger partial charge on any atom is -0.0683 e. The second kappa shape index (κ2) is 17.5. The topological polar surface area (TPSA) is 0 Å². The standard InChI is InChI=1S/C13H12.C4H10.C3H8.C2H6/c1-11-7-9-13(10-8-11)12-5-3-2-4-6-12;1-3-4-2;1-3-2;1-2/h2-10H,1H3;3-4H2,1-2H3;3H2,1-2H3;1-2H3. The van der Waals surface area contributed by atoms with Gasteiger partial charge < -0.3 is 0 Å². The first-order valence-corrected chi connectivity index (χ1v) is 8.81. The molecule has 0 saturated heterocycles. The first kappa shape index (κ1) is 22.7. The molecule has 0 nitrogen and oxygen atoms in total. The van der Waals surface area contributed by atoms with Crippen molar-refractivity contribution >= 4 is 0 Å². The Morgan fingerprint density at radius 2 is 0.955 bits per heavy atom. The lowest BCUT2D eigenvalue weighted by molar-refractivity contribution is 0.886. The number of aryl methyl sites for hydroxylation is 1. The summed E-state index contributed by atoms with van der Waals surface area (Å²) >= 11 is 0. The molecule has 0 N–H and O–H groups in total. The van der Waals surface area contributed by atoms with Gasteiger partial charge in [-0.1, -0.05) is 121 Å². The zero-order valence-corrected chi connectivity index (χ0v) is 15.8. The second-order valence-electron chi connectivity index (χ2n) is 4.94. The van der Waals surface area contributed by atoms with Crippen LogP contribution in [0.4, 0.5) is 0 Å². The summed E-state index contributed by atoms with van der Waals surface area (Å²) in [6, 6.07) is 19.0. The predicted octanol–water partition coefficient (Wildman–Crippen LogP) is 7.91. The maximum Gasteiger partial charge on any atom is -0.0184 e. The van der Waals surface area contributed by atoms with E-state index in [2.05, 4.69) is 83.1 Å². The fraction of sp³-hybridized carbons (Fsp3) is 0.455. The summed E-state index contributed by atoms with van der Waals surface area (Å²) in [4.78, 5) is 0. The van der Waals surface area contributed by atoms with Crippen LogP contribution in [0.2, 0.25) is 0 Å². The molecule has 0 amide bonds. The van der Waals surface area contributed by atoms with Crippen molar-refractivity contribution in [1.82, 2.24) is 0 Å². The van der Waals surface area contributed by atoms with E-state index >= 15 is 0 Å². The van der Waals surface area contributed by atoms with Crippen LogP contribution in [0.3, 0.4) is 0 Å². The molecule has 124 valence electrons. The van der Waals surface area contributed by atoms with E-state index < -0.39 is 0 Å². The van der Waals surface area contributed by atoms with Crippen LogP contribution in [0.15, 0.2) is 54.6 Å². The minimum atomic E-state index is 1.25.